The number of thiophene rings is 1. The van der Waals surface area contributed by atoms with Gasteiger partial charge in [-0.05, 0) is 62.5 Å². The molecule has 0 saturated heterocycles. The molecule has 0 spiro atoms. The van der Waals surface area contributed by atoms with Gasteiger partial charge in [0.25, 0.3) is 0 Å². The molecule has 0 aliphatic carbocycles. The summed E-state index contributed by atoms with van der Waals surface area (Å²) < 4.78 is 56.8. The van der Waals surface area contributed by atoms with Gasteiger partial charge in [0.05, 0.1) is 31.0 Å². The van der Waals surface area contributed by atoms with Gasteiger partial charge in [-0.25, -0.2) is 19.3 Å². The molecular weight excluding hydrogens is 682 g/mol. The molecule has 0 radical (unpaired) electrons. The first-order chi connectivity index (χ1) is 19.2. The summed E-state index contributed by atoms with van der Waals surface area (Å²) in [6, 6.07) is 8.24. The van der Waals surface area contributed by atoms with Crippen LogP contribution in [0, 0.1) is 0 Å². The summed E-state index contributed by atoms with van der Waals surface area (Å²) in [7, 11) is 2.65. The molecule has 14 heteroatoms. The second-order valence-corrected chi connectivity index (χ2v) is 11.9. The van der Waals surface area contributed by atoms with Crippen molar-refractivity contribution in [3.63, 3.8) is 0 Å². The van der Waals surface area contributed by atoms with Crippen LogP contribution in [-0.2, 0) is 22.1 Å². The molecule has 3 aromatic heterocycles. The summed E-state index contributed by atoms with van der Waals surface area (Å²) in [5.74, 6) is -0.406. The Morgan fingerprint density at radius 1 is 1.18 bits per heavy atom. The molecule has 0 atom stereocenters. The minimum Gasteiger partial charge on any atom is -0.493 e. The predicted molar refractivity (Wildman–Crippen MR) is 152 cm³/mol. The second kappa shape index (κ2) is 11.8. The van der Waals surface area contributed by atoms with Gasteiger partial charge < -0.3 is 14.2 Å². The van der Waals surface area contributed by atoms with Crippen LogP contribution in [0.5, 0.6) is 5.75 Å². The number of fused-ring (bicyclic) bond motifs is 3. The molecule has 5 rings (SSSR count). The topological polar surface area (TPSA) is 92.5 Å². The molecular formula is C26H19F3IN3O5S2. The fraction of sp³-hybridized carbons (Fsp3) is 0.231. The third-order valence-corrected chi connectivity index (χ3v) is 8.68. The van der Waals surface area contributed by atoms with Crippen LogP contribution in [0.4, 0.5) is 13.2 Å². The normalized spacial score (nSPS) is 12.6. The number of ether oxygens (including phenoxy) is 3. The maximum atomic E-state index is 13.3. The molecule has 0 bridgehead atoms. The third kappa shape index (κ3) is 5.69. The Balaban J connectivity index is 1.67. The highest BCUT2D eigenvalue weighted by Gasteiger charge is 2.33. The first-order valence-electron chi connectivity index (χ1n) is 11.7. The van der Waals surface area contributed by atoms with Gasteiger partial charge in [-0.1, -0.05) is 8.93 Å². The molecule has 0 unspecified atom stereocenters. The number of halogens is 4. The van der Waals surface area contributed by atoms with Gasteiger partial charge in [0.2, 0.25) is 0 Å². The van der Waals surface area contributed by atoms with Gasteiger partial charge >= 0.3 is 18.1 Å². The number of alkyl halides is 3. The molecule has 1 aliphatic heterocycles. The lowest BCUT2D eigenvalue weighted by molar-refractivity contribution is -0.137. The van der Waals surface area contributed by atoms with E-state index in [-0.39, 0.29) is 29.2 Å². The van der Waals surface area contributed by atoms with Crippen molar-refractivity contribution >= 4 is 53.4 Å². The molecule has 208 valence electrons. The van der Waals surface area contributed by atoms with E-state index in [1.54, 1.807) is 12.1 Å². The number of carbonyl (C=O) groups excluding carboxylic acids is 2. The van der Waals surface area contributed by atoms with Crippen molar-refractivity contribution < 1.29 is 37.0 Å². The number of hydrogen-bond donors (Lipinski definition) is 0. The van der Waals surface area contributed by atoms with E-state index in [2.05, 4.69) is 31.3 Å². The maximum Gasteiger partial charge on any atom is 0.419 e. The number of esters is 2. The SMILES string of the molecule is COC(=O)c1nc(-n2cc(C(F)(F)F)cn2)ccc1-c1cc2c(cc1C(=O)OCCSI)-c1sccc1CCO2. The van der Waals surface area contributed by atoms with Crippen LogP contribution >= 0.6 is 41.5 Å². The van der Waals surface area contributed by atoms with E-state index in [0.29, 0.717) is 36.3 Å². The van der Waals surface area contributed by atoms with Crippen molar-refractivity contribution in [1.82, 2.24) is 14.8 Å². The minimum absolute atomic E-state index is 0.0444. The lowest BCUT2D eigenvalue weighted by Crippen LogP contribution is -2.13. The van der Waals surface area contributed by atoms with E-state index in [4.69, 9.17) is 14.2 Å². The van der Waals surface area contributed by atoms with Crippen LogP contribution in [-0.4, -0.2) is 52.8 Å². The predicted octanol–water partition coefficient (Wildman–Crippen LogP) is 6.64. The van der Waals surface area contributed by atoms with E-state index >= 15 is 0 Å². The Labute approximate surface area is 246 Å². The number of methoxy groups -OCH3 is 1. The Bertz CT molecular complexity index is 1590. The average molecular weight is 701 g/mol. The Morgan fingerprint density at radius 2 is 2.00 bits per heavy atom. The number of nitrogens with zero attached hydrogens (tertiary/aromatic N) is 3. The molecule has 40 heavy (non-hydrogen) atoms. The van der Waals surface area contributed by atoms with E-state index in [0.717, 1.165) is 34.0 Å². The maximum absolute atomic E-state index is 13.3. The summed E-state index contributed by atoms with van der Waals surface area (Å²) in [5, 5.41) is 5.71. The van der Waals surface area contributed by atoms with Crippen LogP contribution in [0.2, 0.25) is 0 Å². The average Bonchev–Trinajstić information content (AvgIpc) is 3.60. The van der Waals surface area contributed by atoms with Crippen LogP contribution in [0.1, 0.15) is 32.0 Å². The van der Waals surface area contributed by atoms with Crippen LogP contribution in [0.3, 0.4) is 0 Å². The zero-order valence-electron chi connectivity index (χ0n) is 20.7. The molecule has 4 heterocycles. The van der Waals surface area contributed by atoms with Crippen molar-refractivity contribution in [2.45, 2.75) is 12.6 Å². The van der Waals surface area contributed by atoms with Crippen LogP contribution < -0.4 is 4.74 Å². The fourth-order valence-electron chi connectivity index (χ4n) is 4.19. The summed E-state index contributed by atoms with van der Waals surface area (Å²) in [5.41, 5.74) is 1.34. The molecule has 1 aliphatic rings. The highest BCUT2D eigenvalue weighted by molar-refractivity contribution is 14.2. The summed E-state index contributed by atoms with van der Waals surface area (Å²) >= 11 is 3.63. The van der Waals surface area contributed by atoms with Crippen molar-refractivity contribution in [2.75, 3.05) is 26.1 Å². The van der Waals surface area contributed by atoms with Crippen LogP contribution in [0.25, 0.3) is 27.4 Å². The first kappa shape index (κ1) is 28.4. The summed E-state index contributed by atoms with van der Waals surface area (Å²) in [6.45, 7) is 0.584. The zero-order valence-corrected chi connectivity index (χ0v) is 24.4. The molecule has 0 fully saturated rings. The van der Waals surface area contributed by atoms with Gasteiger partial charge in [0.1, 0.15) is 12.4 Å². The number of pyridine rings is 1. The second-order valence-electron chi connectivity index (χ2n) is 8.45. The minimum atomic E-state index is -4.60. The third-order valence-electron chi connectivity index (χ3n) is 6.05. The van der Waals surface area contributed by atoms with E-state index in [1.807, 2.05) is 11.4 Å². The monoisotopic (exact) mass is 701 g/mol. The van der Waals surface area contributed by atoms with E-state index < -0.39 is 23.7 Å². The Kier molecular flexibility index (Phi) is 8.37. The Hall–Kier alpha value is -3.11. The fourth-order valence-corrected chi connectivity index (χ4v) is 5.85. The number of aromatic nitrogens is 3. The summed E-state index contributed by atoms with van der Waals surface area (Å²) in [4.78, 5) is 31.5. The van der Waals surface area contributed by atoms with Crippen molar-refractivity contribution in [3.05, 3.63) is 70.5 Å². The van der Waals surface area contributed by atoms with Crippen molar-refractivity contribution in [3.8, 4) is 33.1 Å². The number of hydrogen-bond acceptors (Lipinski definition) is 9. The first-order valence-corrected chi connectivity index (χ1v) is 16.1. The largest absolute Gasteiger partial charge is 0.493 e. The van der Waals surface area contributed by atoms with Gasteiger partial charge in [-0.2, -0.15) is 18.3 Å². The van der Waals surface area contributed by atoms with Gasteiger partial charge in [-0.15, -0.1) is 11.3 Å². The number of rotatable bonds is 7. The smallest absolute Gasteiger partial charge is 0.419 e. The molecule has 0 amide bonds. The van der Waals surface area contributed by atoms with Crippen LogP contribution in [0.15, 0.2) is 48.1 Å². The zero-order chi connectivity index (χ0) is 28.4. The molecule has 0 N–H and O–H groups in total. The van der Waals surface area contributed by atoms with E-state index in [1.165, 1.54) is 32.4 Å². The lowest BCUT2D eigenvalue weighted by atomic mass is 9.94. The summed E-state index contributed by atoms with van der Waals surface area (Å²) in [6.07, 6.45) is -2.48. The number of benzene rings is 1. The van der Waals surface area contributed by atoms with Gasteiger partial charge in [0.15, 0.2) is 11.5 Å². The Morgan fingerprint density at radius 3 is 2.73 bits per heavy atom. The molecule has 8 nitrogen and oxygen atoms in total. The highest BCUT2D eigenvalue weighted by Crippen LogP contribution is 2.43. The number of carbonyl (C=O) groups is 2. The quantitative estimate of drug-likeness (QED) is 0.120. The van der Waals surface area contributed by atoms with Gasteiger partial charge in [0, 0.05) is 39.9 Å². The lowest BCUT2D eigenvalue weighted by Gasteiger charge is -2.17. The van der Waals surface area contributed by atoms with Crippen molar-refractivity contribution in [1.29, 1.82) is 0 Å². The highest BCUT2D eigenvalue weighted by atomic mass is 127. The molecule has 4 aromatic rings. The standard InChI is InChI=1S/C26H19F3IN3O5S2/c1-36-25(35)22-16(2-3-21(32-22)33-13-15(12-31-33)26(27,28)29)17-11-20-19(10-18(17)24(34)38-7-9-40-30)23-14(4-6-37-20)5-8-39-23/h2-3,5,8,10-13H,4,6-7,9H2,1H3. The molecule has 1 aromatic carbocycles. The van der Waals surface area contributed by atoms with Crippen molar-refractivity contribution in [2.24, 2.45) is 0 Å². The van der Waals surface area contributed by atoms with E-state index in [9.17, 15) is 22.8 Å². The molecule has 0 saturated carbocycles. The van der Waals surface area contributed by atoms with Gasteiger partial charge in [-0.3, -0.25) is 0 Å².